The number of aryl methyl sites for hydroxylation is 1. The summed E-state index contributed by atoms with van der Waals surface area (Å²) in [4.78, 5) is 43.3. The molecule has 1 unspecified atom stereocenters. The Morgan fingerprint density at radius 1 is 1.16 bits per heavy atom. The van der Waals surface area contributed by atoms with Crippen molar-refractivity contribution in [1.29, 1.82) is 0 Å². The molecule has 1 atom stereocenters. The number of hydrogen-bond donors (Lipinski definition) is 0. The molecule has 2 saturated heterocycles. The van der Waals surface area contributed by atoms with Crippen molar-refractivity contribution in [3.8, 4) is 0 Å². The zero-order valence-corrected chi connectivity index (χ0v) is 18.5. The van der Waals surface area contributed by atoms with Crippen molar-refractivity contribution in [1.82, 2.24) is 19.9 Å². The molecule has 5 heterocycles. The minimum Gasteiger partial charge on any atom is -0.368 e. The number of likely N-dealkylation sites (tertiary alicyclic amines) is 1. The lowest BCUT2D eigenvalue weighted by molar-refractivity contribution is -0.142. The lowest BCUT2D eigenvalue weighted by Crippen LogP contribution is -2.43. The molecule has 0 saturated carbocycles. The summed E-state index contributed by atoms with van der Waals surface area (Å²) in [6.45, 7) is 4.49. The van der Waals surface area contributed by atoms with Crippen molar-refractivity contribution in [2.75, 3.05) is 24.6 Å². The molecule has 0 N–H and O–H groups in total. The second kappa shape index (κ2) is 8.94. The summed E-state index contributed by atoms with van der Waals surface area (Å²) in [5.41, 5.74) is 2.84. The van der Waals surface area contributed by atoms with Gasteiger partial charge in [0.05, 0.1) is 12.2 Å². The van der Waals surface area contributed by atoms with Crippen LogP contribution in [-0.2, 0) is 27.3 Å². The Morgan fingerprint density at radius 2 is 2.00 bits per heavy atom. The van der Waals surface area contributed by atoms with Gasteiger partial charge in [-0.15, -0.1) is 0 Å². The minimum atomic E-state index is -0.264. The van der Waals surface area contributed by atoms with Gasteiger partial charge >= 0.3 is 0 Å². The third-order valence-corrected chi connectivity index (χ3v) is 6.78. The second-order valence-electron chi connectivity index (χ2n) is 8.87. The van der Waals surface area contributed by atoms with Crippen molar-refractivity contribution in [3.05, 3.63) is 47.2 Å². The van der Waals surface area contributed by atoms with Crippen LogP contribution in [0.15, 0.2) is 24.4 Å². The Labute approximate surface area is 188 Å². The number of nitrogens with zero attached hydrogens (tertiary/aromatic N) is 5. The number of hydrogen-bond acceptors (Lipinski definition) is 6. The third-order valence-electron chi connectivity index (χ3n) is 6.78. The van der Waals surface area contributed by atoms with E-state index in [0.29, 0.717) is 39.1 Å². The van der Waals surface area contributed by atoms with Gasteiger partial charge in [0.1, 0.15) is 17.7 Å². The Morgan fingerprint density at radius 3 is 2.72 bits per heavy atom. The number of fused-ring (bicyclic) bond motifs is 1. The van der Waals surface area contributed by atoms with Crippen LogP contribution in [0.4, 0.5) is 5.82 Å². The Kier molecular flexibility index (Phi) is 5.87. The van der Waals surface area contributed by atoms with Crippen LogP contribution in [-0.4, -0.2) is 57.5 Å². The molecule has 3 aliphatic heterocycles. The fraction of sp³-hybridized carbons (Fsp3) is 0.542. The average molecular weight is 436 g/mol. The van der Waals surface area contributed by atoms with E-state index in [1.54, 1.807) is 11.1 Å². The summed E-state index contributed by atoms with van der Waals surface area (Å²) in [5, 5.41) is 0. The number of pyridine rings is 1. The van der Waals surface area contributed by atoms with Gasteiger partial charge in [-0.3, -0.25) is 19.5 Å². The molecule has 2 aromatic heterocycles. The van der Waals surface area contributed by atoms with E-state index < -0.39 is 0 Å². The van der Waals surface area contributed by atoms with Gasteiger partial charge in [0.2, 0.25) is 5.91 Å². The average Bonchev–Trinajstić information content (AvgIpc) is 3.36. The molecule has 8 nitrogen and oxygen atoms in total. The number of aromatic nitrogens is 3. The Bertz CT molecular complexity index is 998. The van der Waals surface area contributed by atoms with Gasteiger partial charge in [-0.25, -0.2) is 9.97 Å². The first-order valence-electron chi connectivity index (χ1n) is 11.6. The highest BCUT2D eigenvalue weighted by Gasteiger charge is 2.34. The number of rotatable bonds is 4. The third kappa shape index (κ3) is 4.11. The largest absolute Gasteiger partial charge is 0.368 e. The molecule has 0 aliphatic carbocycles. The highest BCUT2D eigenvalue weighted by molar-refractivity contribution is 5.95. The maximum absolute atomic E-state index is 12.8. The summed E-state index contributed by atoms with van der Waals surface area (Å²) in [5.74, 6) is 1.89. The molecule has 5 rings (SSSR count). The van der Waals surface area contributed by atoms with Gasteiger partial charge in [0.15, 0.2) is 0 Å². The van der Waals surface area contributed by atoms with Crippen molar-refractivity contribution in [2.45, 2.75) is 64.0 Å². The molecule has 168 valence electrons. The fourth-order valence-electron chi connectivity index (χ4n) is 4.94. The maximum atomic E-state index is 12.8. The van der Waals surface area contributed by atoms with E-state index in [0.717, 1.165) is 54.3 Å². The normalized spacial score (nSPS) is 21.7. The van der Waals surface area contributed by atoms with Crippen LogP contribution in [0.5, 0.6) is 0 Å². The fourth-order valence-corrected chi connectivity index (χ4v) is 4.94. The van der Waals surface area contributed by atoms with Crippen LogP contribution in [0.3, 0.4) is 0 Å². The van der Waals surface area contributed by atoms with Crippen molar-refractivity contribution in [3.63, 3.8) is 0 Å². The van der Waals surface area contributed by atoms with Crippen LogP contribution in [0.2, 0.25) is 0 Å². The molecule has 32 heavy (non-hydrogen) atoms. The van der Waals surface area contributed by atoms with Gasteiger partial charge in [-0.2, -0.15) is 0 Å². The Hall–Kier alpha value is -2.87. The first-order valence-corrected chi connectivity index (χ1v) is 11.6. The number of anilines is 1. The molecule has 2 aromatic rings. The van der Waals surface area contributed by atoms with Crippen LogP contribution < -0.4 is 4.90 Å². The smallest absolute Gasteiger partial charge is 0.251 e. The summed E-state index contributed by atoms with van der Waals surface area (Å²) in [7, 11) is 0. The predicted octanol–water partition coefficient (Wildman–Crippen LogP) is 2.54. The summed E-state index contributed by atoms with van der Waals surface area (Å²) < 4.78 is 5.57. The topological polar surface area (TPSA) is 88.5 Å². The number of carbonyl (C=O) groups is 2. The van der Waals surface area contributed by atoms with Gasteiger partial charge in [-0.05, 0) is 51.2 Å². The molecule has 0 radical (unpaired) electrons. The van der Waals surface area contributed by atoms with Crippen LogP contribution in [0.25, 0.3) is 0 Å². The molecule has 0 aromatic carbocycles. The van der Waals surface area contributed by atoms with Gasteiger partial charge in [0.25, 0.3) is 5.91 Å². The standard InChI is InChI=1S/C24H29N5O3/c1-16-19-7-8-21(30)29(15-18-5-2-3-11-25-18)23(19)27-22(26-16)17-9-12-28(13-10-17)24(31)20-6-4-14-32-20/h2-3,5,11,17,20H,4,6-10,12-15H2,1H3. The van der Waals surface area contributed by atoms with Crippen molar-refractivity contribution < 1.29 is 14.3 Å². The molecular weight excluding hydrogens is 406 g/mol. The Balaban J connectivity index is 1.34. The summed E-state index contributed by atoms with van der Waals surface area (Å²) in [6, 6.07) is 5.73. The molecule has 3 aliphatic rings. The predicted molar refractivity (Wildman–Crippen MR) is 118 cm³/mol. The number of amides is 2. The molecule has 0 bridgehead atoms. The molecule has 2 amide bonds. The van der Waals surface area contributed by atoms with Crippen LogP contribution in [0, 0.1) is 6.92 Å². The van der Waals surface area contributed by atoms with E-state index in [9.17, 15) is 9.59 Å². The zero-order chi connectivity index (χ0) is 22.1. The lowest BCUT2D eigenvalue weighted by Gasteiger charge is -2.34. The van der Waals surface area contributed by atoms with E-state index in [-0.39, 0.29) is 23.8 Å². The number of carbonyl (C=O) groups excluding carboxylic acids is 2. The highest BCUT2D eigenvalue weighted by atomic mass is 16.5. The summed E-state index contributed by atoms with van der Waals surface area (Å²) in [6.07, 6.45) is 6.05. The van der Waals surface area contributed by atoms with E-state index in [4.69, 9.17) is 14.7 Å². The monoisotopic (exact) mass is 435 g/mol. The van der Waals surface area contributed by atoms with E-state index in [1.165, 1.54) is 0 Å². The zero-order valence-electron chi connectivity index (χ0n) is 18.5. The van der Waals surface area contributed by atoms with E-state index >= 15 is 0 Å². The summed E-state index contributed by atoms with van der Waals surface area (Å²) >= 11 is 0. The quantitative estimate of drug-likeness (QED) is 0.733. The SMILES string of the molecule is Cc1nc(C2CCN(C(=O)C3CCCO3)CC2)nc2c1CCC(=O)N2Cc1ccccn1. The maximum Gasteiger partial charge on any atom is 0.251 e. The number of piperidine rings is 1. The van der Waals surface area contributed by atoms with Crippen LogP contribution in [0.1, 0.15) is 60.8 Å². The molecule has 0 spiro atoms. The van der Waals surface area contributed by atoms with Crippen molar-refractivity contribution >= 4 is 17.6 Å². The van der Waals surface area contributed by atoms with Crippen molar-refractivity contribution in [2.24, 2.45) is 0 Å². The molecule has 2 fully saturated rings. The first kappa shape index (κ1) is 21.0. The first-order chi connectivity index (χ1) is 15.6. The van der Waals surface area contributed by atoms with Gasteiger partial charge in [0, 0.05) is 49.5 Å². The minimum absolute atomic E-state index is 0.0733. The van der Waals surface area contributed by atoms with Gasteiger partial charge in [-0.1, -0.05) is 6.07 Å². The second-order valence-corrected chi connectivity index (χ2v) is 8.87. The van der Waals surface area contributed by atoms with E-state index in [1.807, 2.05) is 30.0 Å². The van der Waals surface area contributed by atoms with E-state index in [2.05, 4.69) is 4.98 Å². The van der Waals surface area contributed by atoms with Crippen LogP contribution >= 0.6 is 0 Å². The highest BCUT2D eigenvalue weighted by Crippen LogP contribution is 2.33. The molecule has 8 heteroatoms. The number of ether oxygens (including phenoxy) is 1. The molecular formula is C24H29N5O3. The lowest BCUT2D eigenvalue weighted by atomic mass is 9.94. The van der Waals surface area contributed by atoms with Gasteiger partial charge < -0.3 is 9.64 Å².